The summed E-state index contributed by atoms with van der Waals surface area (Å²) in [5.74, 6) is -0.106. The van der Waals surface area contributed by atoms with Gasteiger partial charge >= 0.3 is 5.97 Å². The molecule has 0 aromatic carbocycles. The highest BCUT2D eigenvalue weighted by molar-refractivity contribution is 5.69. The van der Waals surface area contributed by atoms with Gasteiger partial charge in [0.1, 0.15) is 0 Å². The average Bonchev–Trinajstić information content (AvgIpc) is 2.11. The van der Waals surface area contributed by atoms with E-state index in [1.54, 1.807) is 0 Å². The molecule has 0 aromatic heterocycles. The van der Waals surface area contributed by atoms with Crippen LogP contribution < -0.4 is 0 Å². The Balaban J connectivity index is 3.02. The summed E-state index contributed by atoms with van der Waals surface area (Å²) in [4.78, 5) is 10.9. The van der Waals surface area contributed by atoms with Crippen molar-refractivity contribution in [3.05, 3.63) is 6.92 Å². The number of carbonyl (C=O) groups excluding carboxylic acids is 1. The van der Waals surface area contributed by atoms with Crippen molar-refractivity contribution in [2.45, 2.75) is 51.9 Å². The molecule has 2 nitrogen and oxygen atoms in total. The number of esters is 1. The van der Waals surface area contributed by atoms with Gasteiger partial charge in [-0.2, -0.15) is 0 Å². The van der Waals surface area contributed by atoms with E-state index in [1.807, 2.05) is 0 Å². The van der Waals surface area contributed by atoms with E-state index >= 15 is 0 Å². The van der Waals surface area contributed by atoms with Crippen LogP contribution in [0, 0.1) is 6.92 Å². The molecular weight excluding hydrogens is 164 g/mol. The molecule has 0 amide bonds. The minimum Gasteiger partial charge on any atom is -0.466 e. The third-order valence-corrected chi connectivity index (χ3v) is 1.89. The third-order valence-electron chi connectivity index (χ3n) is 1.89. The Bertz CT molecular complexity index is 121. The maximum atomic E-state index is 10.9. The molecule has 0 aromatic rings. The van der Waals surface area contributed by atoms with Gasteiger partial charge in [-0.1, -0.05) is 39.5 Å². The van der Waals surface area contributed by atoms with Gasteiger partial charge in [0.25, 0.3) is 0 Å². The van der Waals surface area contributed by atoms with Crippen LogP contribution in [-0.4, -0.2) is 12.6 Å². The molecule has 0 aliphatic rings. The van der Waals surface area contributed by atoms with Crippen molar-refractivity contribution in [3.8, 4) is 0 Å². The Morgan fingerprint density at radius 3 is 2.54 bits per heavy atom. The molecule has 0 aliphatic carbocycles. The second-order valence-electron chi connectivity index (χ2n) is 3.24. The molecule has 0 saturated heterocycles. The SMILES string of the molecule is [CH2]CCC(=O)OCCCCCCC. The number of hydrogen-bond donors (Lipinski definition) is 0. The summed E-state index contributed by atoms with van der Waals surface area (Å²) in [7, 11) is 0. The predicted molar refractivity (Wildman–Crippen MR) is 54.3 cm³/mol. The Labute approximate surface area is 81.7 Å². The molecule has 13 heavy (non-hydrogen) atoms. The molecule has 77 valence electrons. The molecular formula is C11H21O2. The van der Waals surface area contributed by atoms with E-state index in [4.69, 9.17) is 4.74 Å². The van der Waals surface area contributed by atoms with Crippen LogP contribution in [0.2, 0.25) is 0 Å². The molecule has 2 heteroatoms. The molecule has 0 N–H and O–H groups in total. The van der Waals surface area contributed by atoms with Crippen molar-refractivity contribution < 1.29 is 9.53 Å². The van der Waals surface area contributed by atoms with Crippen LogP contribution in [0.1, 0.15) is 51.9 Å². The van der Waals surface area contributed by atoms with Crippen molar-refractivity contribution in [2.75, 3.05) is 6.61 Å². The molecule has 0 rings (SSSR count). The lowest BCUT2D eigenvalue weighted by atomic mass is 10.2. The van der Waals surface area contributed by atoms with Gasteiger partial charge < -0.3 is 4.74 Å². The normalized spacial score (nSPS) is 10.0. The fourth-order valence-corrected chi connectivity index (χ4v) is 1.11. The quantitative estimate of drug-likeness (QED) is 0.429. The minimum absolute atomic E-state index is 0.106. The van der Waals surface area contributed by atoms with Crippen LogP contribution in [-0.2, 0) is 9.53 Å². The highest BCUT2D eigenvalue weighted by Gasteiger charge is 1.99. The van der Waals surface area contributed by atoms with Gasteiger partial charge in [0, 0.05) is 6.42 Å². The minimum atomic E-state index is -0.106. The first-order valence-electron chi connectivity index (χ1n) is 5.26. The van der Waals surface area contributed by atoms with Gasteiger partial charge in [-0.05, 0) is 12.8 Å². The Hall–Kier alpha value is -0.530. The standard InChI is InChI=1S/C11H21O2/c1-3-5-6-7-8-10-13-11(12)9-4-2/h2-10H2,1H3. The van der Waals surface area contributed by atoms with Crippen LogP contribution in [0.3, 0.4) is 0 Å². The van der Waals surface area contributed by atoms with E-state index in [2.05, 4.69) is 13.8 Å². The number of unbranched alkanes of at least 4 members (excludes halogenated alkanes) is 4. The van der Waals surface area contributed by atoms with Crippen LogP contribution in [0.5, 0.6) is 0 Å². The molecule has 0 bridgehead atoms. The summed E-state index contributed by atoms with van der Waals surface area (Å²) in [6.07, 6.45) is 7.05. The van der Waals surface area contributed by atoms with Crippen LogP contribution in [0.25, 0.3) is 0 Å². The van der Waals surface area contributed by atoms with Crippen LogP contribution in [0.4, 0.5) is 0 Å². The summed E-state index contributed by atoms with van der Waals surface area (Å²) in [5, 5.41) is 0. The monoisotopic (exact) mass is 185 g/mol. The average molecular weight is 185 g/mol. The molecule has 0 fully saturated rings. The van der Waals surface area contributed by atoms with E-state index in [0.717, 1.165) is 6.42 Å². The second-order valence-corrected chi connectivity index (χ2v) is 3.24. The summed E-state index contributed by atoms with van der Waals surface area (Å²) in [6.45, 7) is 6.37. The lowest BCUT2D eigenvalue weighted by Gasteiger charge is -2.03. The van der Waals surface area contributed by atoms with E-state index < -0.39 is 0 Å². The fraction of sp³-hybridized carbons (Fsp3) is 0.818. The topological polar surface area (TPSA) is 26.3 Å². The predicted octanol–water partition coefficient (Wildman–Crippen LogP) is 3.11. The van der Waals surface area contributed by atoms with Gasteiger partial charge in [-0.25, -0.2) is 0 Å². The van der Waals surface area contributed by atoms with Gasteiger partial charge in [0.05, 0.1) is 6.61 Å². The summed E-state index contributed by atoms with van der Waals surface area (Å²) in [6, 6.07) is 0. The van der Waals surface area contributed by atoms with Crippen molar-refractivity contribution in [3.63, 3.8) is 0 Å². The number of carbonyl (C=O) groups is 1. The molecule has 0 atom stereocenters. The molecule has 1 radical (unpaired) electrons. The molecule has 0 unspecified atom stereocenters. The van der Waals surface area contributed by atoms with E-state index in [-0.39, 0.29) is 5.97 Å². The lowest BCUT2D eigenvalue weighted by Crippen LogP contribution is -2.04. The molecule has 0 aliphatic heterocycles. The lowest BCUT2D eigenvalue weighted by molar-refractivity contribution is -0.143. The van der Waals surface area contributed by atoms with Gasteiger partial charge in [0.2, 0.25) is 0 Å². The fourth-order valence-electron chi connectivity index (χ4n) is 1.11. The zero-order chi connectivity index (χ0) is 9.94. The van der Waals surface area contributed by atoms with E-state index in [0.29, 0.717) is 19.4 Å². The van der Waals surface area contributed by atoms with Crippen molar-refractivity contribution in [1.82, 2.24) is 0 Å². The summed E-state index contributed by atoms with van der Waals surface area (Å²) in [5.41, 5.74) is 0. The van der Waals surface area contributed by atoms with Gasteiger partial charge in [0.15, 0.2) is 0 Å². The van der Waals surface area contributed by atoms with Crippen molar-refractivity contribution in [1.29, 1.82) is 0 Å². The summed E-state index contributed by atoms with van der Waals surface area (Å²) < 4.78 is 4.98. The maximum absolute atomic E-state index is 10.9. The van der Waals surface area contributed by atoms with Crippen LogP contribution >= 0.6 is 0 Å². The molecule has 0 heterocycles. The van der Waals surface area contributed by atoms with Gasteiger partial charge in [-0.15, -0.1) is 0 Å². The highest BCUT2D eigenvalue weighted by atomic mass is 16.5. The zero-order valence-corrected chi connectivity index (χ0v) is 8.68. The third kappa shape index (κ3) is 9.38. The van der Waals surface area contributed by atoms with Crippen molar-refractivity contribution >= 4 is 5.97 Å². The molecule has 0 spiro atoms. The van der Waals surface area contributed by atoms with Gasteiger partial charge in [-0.3, -0.25) is 4.79 Å². The highest BCUT2D eigenvalue weighted by Crippen LogP contribution is 2.02. The Kier molecular flexibility index (Phi) is 9.17. The Morgan fingerprint density at radius 1 is 1.23 bits per heavy atom. The zero-order valence-electron chi connectivity index (χ0n) is 8.68. The first-order valence-corrected chi connectivity index (χ1v) is 5.26. The number of ether oxygens (including phenoxy) is 1. The van der Waals surface area contributed by atoms with E-state index in [9.17, 15) is 4.79 Å². The summed E-state index contributed by atoms with van der Waals surface area (Å²) >= 11 is 0. The largest absolute Gasteiger partial charge is 0.466 e. The second kappa shape index (κ2) is 9.56. The maximum Gasteiger partial charge on any atom is 0.305 e. The number of hydrogen-bond acceptors (Lipinski definition) is 2. The Morgan fingerprint density at radius 2 is 1.92 bits per heavy atom. The first kappa shape index (κ1) is 12.5. The van der Waals surface area contributed by atoms with E-state index in [1.165, 1.54) is 25.7 Å². The molecule has 0 saturated carbocycles. The smallest absolute Gasteiger partial charge is 0.305 e. The first-order chi connectivity index (χ1) is 6.31. The van der Waals surface area contributed by atoms with Crippen LogP contribution in [0.15, 0.2) is 0 Å². The number of rotatable bonds is 8. The van der Waals surface area contributed by atoms with Crippen molar-refractivity contribution in [2.24, 2.45) is 0 Å².